The summed E-state index contributed by atoms with van der Waals surface area (Å²) in [5, 5.41) is 17.9. The first kappa shape index (κ1) is 11.3. The Kier molecular flexibility index (Phi) is 2.68. The number of nitrogens with zero attached hydrogens (tertiary/aromatic N) is 2. The number of carboxylic acid groups (broad SMARTS) is 1. The Hall–Kier alpha value is -2.16. The summed E-state index contributed by atoms with van der Waals surface area (Å²) in [5.74, 6) is -2.11. The molecule has 17 heavy (non-hydrogen) atoms. The minimum absolute atomic E-state index is 0.0980. The second-order valence-electron chi connectivity index (χ2n) is 3.64. The highest BCUT2D eigenvalue weighted by Crippen LogP contribution is 2.20. The van der Waals surface area contributed by atoms with Crippen LogP contribution in [-0.2, 0) is 9.53 Å². The van der Waals surface area contributed by atoms with E-state index in [0.717, 1.165) is 0 Å². The molecule has 0 radical (unpaired) electrons. The first-order valence-electron chi connectivity index (χ1n) is 4.77. The van der Waals surface area contributed by atoms with Crippen molar-refractivity contribution < 1.29 is 24.1 Å². The Balaban J connectivity index is 2.17. The zero-order chi connectivity index (χ0) is 12.5. The van der Waals surface area contributed by atoms with E-state index in [1.165, 1.54) is 0 Å². The number of amides is 1. The zero-order valence-electron chi connectivity index (χ0n) is 8.67. The smallest absolute Gasteiger partial charge is 0.331 e. The number of anilines is 1. The highest BCUT2D eigenvalue weighted by atomic mass is 16.6. The minimum atomic E-state index is -1.44. The van der Waals surface area contributed by atoms with Crippen LogP contribution in [0.25, 0.3) is 0 Å². The van der Waals surface area contributed by atoms with E-state index in [-0.39, 0.29) is 31.1 Å². The normalized spacial score (nSPS) is 23.5. The molecule has 1 aromatic heterocycles. The molecule has 9 heteroatoms. The summed E-state index contributed by atoms with van der Waals surface area (Å²) in [6.07, 6.45) is 0.180. The fraction of sp³-hybridized carbons (Fsp3) is 0.500. The standard InChI is InChI=1S/C8H10N4O5/c9-5-4(11-17-12-5)6(13)10-8(7(14)15)1-2-16-3-8/h1-3H2,(H2,9,12)(H,10,13)(H,14,15). The van der Waals surface area contributed by atoms with Crippen molar-refractivity contribution in [3.63, 3.8) is 0 Å². The molecule has 2 heterocycles. The number of aliphatic carboxylic acids is 1. The van der Waals surface area contributed by atoms with E-state index in [2.05, 4.69) is 20.3 Å². The number of rotatable bonds is 3. The van der Waals surface area contributed by atoms with Gasteiger partial charge in [-0.05, 0) is 10.3 Å². The van der Waals surface area contributed by atoms with E-state index in [4.69, 9.17) is 15.6 Å². The van der Waals surface area contributed by atoms with Gasteiger partial charge >= 0.3 is 5.97 Å². The van der Waals surface area contributed by atoms with Gasteiger partial charge in [-0.1, -0.05) is 0 Å². The average Bonchev–Trinajstić information content (AvgIpc) is 2.87. The van der Waals surface area contributed by atoms with Crippen molar-refractivity contribution in [1.29, 1.82) is 0 Å². The van der Waals surface area contributed by atoms with E-state index in [1.54, 1.807) is 0 Å². The lowest BCUT2D eigenvalue weighted by atomic mass is 9.99. The van der Waals surface area contributed by atoms with Crippen LogP contribution in [0.2, 0.25) is 0 Å². The Morgan fingerprint density at radius 1 is 1.47 bits per heavy atom. The molecule has 1 aliphatic heterocycles. The van der Waals surface area contributed by atoms with Crippen LogP contribution in [0.15, 0.2) is 4.63 Å². The Labute approximate surface area is 94.9 Å². The van der Waals surface area contributed by atoms with E-state index in [9.17, 15) is 9.59 Å². The molecule has 0 aliphatic carbocycles. The topological polar surface area (TPSA) is 141 Å². The highest BCUT2D eigenvalue weighted by Gasteiger charge is 2.44. The summed E-state index contributed by atoms with van der Waals surface area (Å²) >= 11 is 0. The van der Waals surface area contributed by atoms with Gasteiger partial charge in [0.2, 0.25) is 11.5 Å². The van der Waals surface area contributed by atoms with Crippen LogP contribution >= 0.6 is 0 Å². The summed E-state index contributed by atoms with van der Waals surface area (Å²) in [5.41, 5.74) is 3.65. The first-order valence-corrected chi connectivity index (χ1v) is 4.77. The molecule has 92 valence electrons. The van der Waals surface area contributed by atoms with Crippen LogP contribution in [-0.4, -0.2) is 46.0 Å². The van der Waals surface area contributed by atoms with Crippen LogP contribution in [0.1, 0.15) is 16.9 Å². The van der Waals surface area contributed by atoms with Gasteiger partial charge in [-0.15, -0.1) is 0 Å². The molecule has 1 saturated heterocycles. The molecule has 1 aliphatic rings. The monoisotopic (exact) mass is 242 g/mol. The summed E-state index contributed by atoms with van der Waals surface area (Å²) in [4.78, 5) is 22.8. The average molecular weight is 242 g/mol. The number of hydrogen-bond acceptors (Lipinski definition) is 7. The van der Waals surface area contributed by atoms with Crippen LogP contribution in [0.3, 0.4) is 0 Å². The molecule has 0 spiro atoms. The molecular weight excluding hydrogens is 232 g/mol. The van der Waals surface area contributed by atoms with Gasteiger partial charge in [0.05, 0.1) is 6.61 Å². The Bertz CT molecular complexity index is 451. The van der Waals surface area contributed by atoms with Crippen LogP contribution in [0, 0.1) is 0 Å². The highest BCUT2D eigenvalue weighted by molar-refractivity contribution is 5.99. The number of ether oxygens (including phenoxy) is 1. The zero-order valence-corrected chi connectivity index (χ0v) is 8.67. The van der Waals surface area contributed by atoms with Crippen molar-refractivity contribution in [2.24, 2.45) is 0 Å². The first-order chi connectivity index (χ1) is 8.05. The molecule has 2 rings (SSSR count). The Morgan fingerprint density at radius 3 is 2.71 bits per heavy atom. The number of aromatic nitrogens is 2. The second kappa shape index (κ2) is 4.01. The van der Waals surface area contributed by atoms with Crippen LogP contribution in [0.4, 0.5) is 5.82 Å². The molecule has 1 fully saturated rings. The minimum Gasteiger partial charge on any atom is -0.479 e. The maximum Gasteiger partial charge on any atom is 0.331 e. The van der Waals surface area contributed by atoms with Crippen molar-refractivity contribution >= 4 is 17.7 Å². The third-order valence-corrected chi connectivity index (χ3v) is 2.51. The van der Waals surface area contributed by atoms with E-state index in [1.807, 2.05) is 0 Å². The lowest BCUT2D eigenvalue weighted by molar-refractivity contribution is -0.144. The van der Waals surface area contributed by atoms with Crippen molar-refractivity contribution in [1.82, 2.24) is 15.6 Å². The maximum atomic E-state index is 11.7. The third-order valence-electron chi connectivity index (χ3n) is 2.51. The van der Waals surface area contributed by atoms with Gasteiger partial charge in [-0.25, -0.2) is 9.42 Å². The molecule has 1 amide bonds. The number of carbonyl (C=O) groups is 2. The number of nitrogen functional groups attached to an aromatic ring is 1. The molecule has 0 aromatic carbocycles. The number of nitrogens with one attached hydrogen (secondary N) is 1. The third kappa shape index (κ3) is 1.91. The van der Waals surface area contributed by atoms with Crippen LogP contribution in [0.5, 0.6) is 0 Å². The van der Waals surface area contributed by atoms with Gasteiger partial charge in [-0.2, -0.15) is 0 Å². The van der Waals surface area contributed by atoms with Crippen molar-refractivity contribution in [2.75, 3.05) is 18.9 Å². The largest absolute Gasteiger partial charge is 0.479 e. The van der Waals surface area contributed by atoms with E-state index >= 15 is 0 Å². The molecule has 1 atom stereocenters. The molecule has 0 bridgehead atoms. The fourth-order valence-electron chi connectivity index (χ4n) is 1.52. The van der Waals surface area contributed by atoms with Gasteiger partial charge < -0.3 is 20.9 Å². The van der Waals surface area contributed by atoms with Crippen molar-refractivity contribution in [2.45, 2.75) is 12.0 Å². The number of carboxylic acids is 1. The fourth-order valence-corrected chi connectivity index (χ4v) is 1.52. The van der Waals surface area contributed by atoms with E-state index in [0.29, 0.717) is 0 Å². The number of hydrogen-bond donors (Lipinski definition) is 3. The van der Waals surface area contributed by atoms with Gasteiger partial charge in [0.25, 0.3) is 5.91 Å². The Morgan fingerprint density at radius 2 is 2.24 bits per heavy atom. The van der Waals surface area contributed by atoms with Crippen LogP contribution < -0.4 is 11.1 Å². The van der Waals surface area contributed by atoms with Gasteiger partial charge in [0.15, 0.2) is 5.54 Å². The number of carbonyl (C=O) groups excluding carboxylic acids is 1. The number of nitrogens with two attached hydrogens (primary N) is 1. The molecule has 1 unspecified atom stereocenters. The van der Waals surface area contributed by atoms with Gasteiger partial charge in [0, 0.05) is 13.0 Å². The lowest BCUT2D eigenvalue weighted by Crippen LogP contribution is -2.55. The molecular formula is C8H10N4O5. The molecule has 1 aromatic rings. The predicted octanol–water partition coefficient (Wildman–Crippen LogP) is -1.37. The van der Waals surface area contributed by atoms with Crippen molar-refractivity contribution in [3.8, 4) is 0 Å². The summed E-state index contributed by atoms with van der Waals surface area (Å²) in [6, 6.07) is 0. The lowest BCUT2D eigenvalue weighted by Gasteiger charge is -2.22. The SMILES string of the molecule is Nc1nonc1C(=O)NC1(C(=O)O)CCOC1. The van der Waals surface area contributed by atoms with Gasteiger partial charge in [0.1, 0.15) is 0 Å². The predicted molar refractivity (Wildman–Crippen MR) is 52.0 cm³/mol. The molecule has 9 nitrogen and oxygen atoms in total. The second-order valence-corrected chi connectivity index (χ2v) is 3.64. The molecule has 0 saturated carbocycles. The van der Waals surface area contributed by atoms with Gasteiger partial charge in [-0.3, -0.25) is 4.79 Å². The molecule has 4 N–H and O–H groups in total. The van der Waals surface area contributed by atoms with Crippen molar-refractivity contribution in [3.05, 3.63) is 5.69 Å². The quantitative estimate of drug-likeness (QED) is 0.589. The maximum absolute atomic E-state index is 11.7. The van der Waals surface area contributed by atoms with E-state index < -0.39 is 17.4 Å². The summed E-state index contributed by atoms with van der Waals surface area (Å²) < 4.78 is 9.24. The summed E-state index contributed by atoms with van der Waals surface area (Å²) in [7, 11) is 0. The summed E-state index contributed by atoms with van der Waals surface area (Å²) in [6.45, 7) is 0.165.